The Kier molecular flexibility index (Phi) is 3.84. The first-order valence-corrected chi connectivity index (χ1v) is 8.37. The third-order valence-electron chi connectivity index (χ3n) is 4.61. The summed E-state index contributed by atoms with van der Waals surface area (Å²) in [4.78, 5) is 21.3. The summed E-state index contributed by atoms with van der Waals surface area (Å²) in [5.41, 5.74) is 4.70. The Labute approximate surface area is 146 Å². The smallest absolute Gasteiger partial charge is 0.227 e. The summed E-state index contributed by atoms with van der Waals surface area (Å²) < 4.78 is 5.48. The van der Waals surface area contributed by atoms with Crippen LogP contribution in [0.4, 0.5) is 11.6 Å². The van der Waals surface area contributed by atoms with Crippen molar-refractivity contribution in [3.05, 3.63) is 70.9 Å². The monoisotopic (exact) mass is 333 g/mol. The number of hydrogen-bond acceptors (Lipinski definition) is 5. The van der Waals surface area contributed by atoms with Gasteiger partial charge in [0.1, 0.15) is 5.76 Å². The van der Waals surface area contributed by atoms with E-state index >= 15 is 0 Å². The molecule has 25 heavy (non-hydrogen) atoms. The molecule has 0 unspecified atom stereocenters. The number of aryl methyl sites for hydroxylation is 2. The summed E-state index contributed by atoms with van der Waals surface area (Å²) in [6.07, 6.45) is 4.39. The molecule has 1 aliphatic carbocycles. The van der Waals surface area contributed by atoms with Gasteiger partial charge in [-0.1, -0.05) is 17.7 Å². The van der Waals surface area contributed by atoms with Gasteiger partial charge in [-0.05, 0) is 37.6 Å². The minimum absolute atomic E-state index is 0.0406. The van der Waals surface area contributed by atoms with Crippen LogP contribution in [0.15, 0.2) is 47.2 Å². The maximum Gasteiger partial charge on any atom is 0.227 e. The van der Waals surface area contributed by atoms with Crippen molar-refractivity contribution in [3.8, 4) is 0 Å². The average Bonchev–Trinajstić information content (AvgIpc) is 3.12. The van der Waals surface area contributed by atoms with Gasteiger partial charge >= 0.3 is 0 Å². The predicted octanol–water partition coefficient (Wildman–Crippen LogP) is 4.34. The molecule has 5 nitrogen and oxygen atoms in total. The van der Waals surface area contributed by atoms with Crippen LogP contribution in [0.1, 0.15) is 45.3 Å². The van der Waals surface area contributed by atoms with E-state index < -0.39 is 0 Å². The number of Topliss-reactive ketones (excluding diaryl/α,β-unsaturated/α-hetero) is 1. The molecule has 1 aromatic carbocycles. The Morgan fingerprint density at radius 1 is 1.20 bits per heavy atom. The van der Waals surface area contributed by atoms with E-state index in [1.807, 2.05) is 31.2 Å². The van der Waals surface area contributed by atoms with Gasteiger partial charge < -0.3 is 9.73 Å². The quantitative estimate of drug-likeness (QED) is 0.772. The SMILES string of the molecule is Cc1ccc(Nc2ncc3c(n2)C[C@@H](c2ccco2)CC3=O)c(C)c1. The van der Waals surface area contributed by atoms with Crippen LogP contribution in [-0.4, -0.2) is 15.8 Å². The molecule has 0 spiro atoms. The molecular formula is C20H19N3O2. The Balaban J connectivity index is 1.63. The van der Waals surface area contributed by atoms with Crippen LogP contribution in [0.25, 0.3) is 0 Å². The molecule has 0 bridgehead atoms. The van der Waals surface area contributed by atoms with Crippen molar-refractivity contribution in [1.82, 2.24) is 9.97 Å². The summed E-state index contributed by atoms with van der Waals surface area (Å²) in [6.45, 7) is 4.11. The Bertz CT molecular complexity index is 932. The highest BCUT2D eigenvalue weighted by Crippen LogP contribution is 2.32. The molecule has 0 saturated carbocycles. The highest BCUT2D eigenvalue weighted by Gasteiger charge is 2.29. The van der Waals surface area contributed by atoms with E-state index in [-0.39, 0.29) is 11.7 Å². The number of nitrogens with zero attached hydrogens (tertiary/aromatic N) is 2. The normalized spacial score (nSPS) is 16.6. The zero-order valence-electron chi connectivity index (χ0n) is 14.2. The van der Waals surface area contributed by atoms with E-state index in [0.29, 0.717) is 24.4 Å². The van der Waals surface area contributed by atoms with Gasteiger partial charge in [-0.2, -0.15) is 0 Å². The van der Waals surface area contributed by atoms with Crippen molar-refractivity contribution >= 4 is 17.4 Å². The van der Waals surface area contributed by atoms with E-state index in [1.165, 1.54) is 5.56 Å². The lowest BCUT2D eigenvalue weighted by molar-refractivity contribution is 0.0958. The molecule has 5 heteroatoms. The van der Waals surface area contributed by atoms with Gasteiger partial charge in [0.25, 0.3) is 0 Å². The summed E-state index contributed by atoms with van der Waals surface area (Å²) in [7, 11) is 0. The molecule has 1 N–H and O–H groups in total. The van der Waals surface area contributed by atoms with Crippen molar-refractivity contribution in [3.63, 3.8) is 0 Å². The van der Waals surface area contributed by atoms with E-state index in [1.54, 1.807) is 12.5 Å². The number of benzene rings is 1. The lowest BCUT2D eigenvalue weighted by Gasteiger charge is -2.21. The van der Waals surface area contributed by atoms with Crippen LogP contribution < -0.4 is 5.32 Å². The minimum Gasteiger partial charge on any atom is -0.469 e. The molecule has 4 rings (SSSR count). The maximum absolute atomic E-state index is 12.4. The molecule has 0 amide bonds. The maximum atomic E-state index is 12.4. The number of carbonyl (C=O) groups is 1. The number of fused-ring (bicyclic) bond motifs is 1. The number of ketones is 1. The van der Waals surface area contributed by atoms with Crippen LogP contribution in [0, 0.1) is 13.8 Å². The van der Waals surface area contributed by atoms with Gasteiger partial charge in [0.15, 0.2) is 5.78 Å². The highest BCUT2D eigenvalue weighted by atomic mass is 16.3. The molecule has 0 fully saturated rings. The molecule has 1 aliphatic rings. The van der Waals surface area contributed by atoms with Gasteiger partial charge in [0.05, 0.1) is 17.5 Å². The van der Waals surface area contributed by atoms with E-state index in [2.05, 4.69) is 28.3 Å². The van der Waals surface area contributed by atoms with Gasteiger partial charge in [-0.25, -0.2) is 9.97 Å². The fourth-order valence-corrected chi connectivity index (χ4v) is 3.30. The van der Waals surface area contributed by atoms with E-state index in [0.717, 1.165) is 22.7 Å². The van der Waals surface area contributed by atoms with E-state index in [4.69, 9.17) is 4.42 Å². The third-order valence-corrected chi connectivity index (χ3v) is 4.61. The van der Waals surface area contributed by atoms with Crippen molar-refractivity contribution in [2.24, 2.45) is 0 Å². The number of rotatable bonds is 3. The lowest BCUT2D eigenvalue weighted by Crippen LogP contribution is -2.20. The molecule has 126 valence electrons. The Hall–Kier alpha value is -2.95. The summed E-state index contributed by atoms with van der Waals surface area (Å²) in [5.74, 6) is 1.46. The number of anilines is 2. The Morgan fingerprint density at radius 2 is 2.08 bits per heavy atom. The third kappa shape index (κ3) is 3.05. The van der Waals surface area contributed by atoms with Crippen LogP contribution in [-0.2, 0) is 6.42 Å². The fraction of sp³-hybridized carbons (Fsp3) is 0.250. The molecule has 2 aromatic heterocycles. The molecule has 3 aromatic rings. The topological polar surface area (TPSA) is 68.0 Å². The molecular weight excluding hydrogens is 314 g/mol. The van der Waals surface area contributed by atoms with Gasteiger partial charge in [-0.15, -0.1) is 0 Å². The van der Waals surface area contributed by atoms with Gasteiger partial charge in [0.2, 0.25) is 5.95 Å². The second kappa shape index (κ2) is 6.16. The zero-order valence-corrected chi connectivity index (χ0v) is 14.2. The standard InChI is InChI=1S/C20H19N3O2/c1-12-5-6-16(13(2)8-12)22-20-21-11-15-17(23-20)9-14(10-18(15)24)19-4-3-7-25-19/h3-8,11,14H,9-10H2,1-2H3,(H,21,22,23)/t14-/m1/s1. The minimum atomic E-state index is 0.0406. The lowest BCUT2D eigenvalue weighted by atomic mass is 9.85. The summed E-state index contributed by atoms with van der Waals surface area (Å²) in [6, 6.07) is 9.94. The first kappa shape index (κ1) is 15.6. The number of hydrogen-bond donors (Lipinski definition) is 1. The highest BCUT2D eigenvalue weighted by molar-refractivity contribution is 5.98. The van der Waals surface area contributed by atoms with Crippen LogP contribution in [0.3, 0.4) is 0 Å². The molecule has 1 atom stereocenters. The number of nitrogens with one attached hydrogen (secondary N) is 1. The van der Waals surface area contributed by atoms with Crippen LogP contribution in [0.2, 0.25) is 0 Å². The van der Waals surface area contributed by atoms with Crippen LogP contribution >= 0.6 is 0 Å². The van der Waals surface area contributed by atoms with Gasteiger partial charge in [-0.3, -0.25) is 4.79 Å². The average molecular weight is 333 g/mol. The molecule has 0 aliphatic heterocycles. The predicted molar refractivity (Wildman–Crippen MR) is 95.3 cm³/mol. The first-order chi connectivity index (χ1) is 12.1. The number of carbonyl (C=O) groups excluding carboxylic acids is 1. The second-order valence-corrected chi connectivity index (χ2v) is 6.54. The fourth-order valence-electron chi connectivity index (χ4n) is 3.30. The first-order valence-electron chi connectivity index (χ1n) is 8.37. The molecule has 0 radical (unpaired) electrons. The second-order valence-electron chi connectivity index (χ2n) is 6.54. The summed E-state index contributed by atoms with van der Waals surface area (Å²) in [5, 5.41) is 3.26. The van der Waals surface area contributed by atoms with Crippen LogP contribution in [0.5, 0.6) is 0 Å². The van der Waals surface area contributed by atoms with Crippen molar-refractivity contribution in [1.29, 1.82) is 0 Å². The van der Waals surface area contributed by atoms with Gasteiger partial charge in [0, 0.05) is 30.6 Å². The number of furan rings is 1. The largest absolute Gasteiger partial charge is 0.469 e. The molecule has 2 heterocycles. The van der Waals surface area contributed by atoms with Crippen molar-refractivity contribution in [2.45, 2.75) is 32.6 Å². The zero-order chi connectivity index (χ0) is 17.4. The van der Waals surface area contributed by atoms with Crippen molar-refractivity contribution < 1.29 is 9.21 Å². The molecule has 0 saturated heterocycles. The van der Waals surface area contributed by atoms with Crippen molar-refractivity contribution in [2.75, 3.05) is 5.32 Å². The summed E-state index contributed by atoms with van der Waals surface area (Å²) >= 11 is 0. The number of aromatic nitrogens is 2. The van der Waals surface area contributed by atoms with E-state index in [9.17, 15) is 4.79 Å². The Morgan fingerprint density at radius 3 is 2.84 bits per heavy atom.